The van der Waals surface area contributed by atoms with Gasteiger partial charge < -0.3 is 15.0 Å². The molecule has 0 saturated heterocycles. The molecule has 1 rings (SSSR count). The van der Waals surface area contributed by atoms with Crippen molar-refractivity contribution in [1.29, 1.82) is 0 Å². The van der Waals surface area contributed by atoms with Gasteiger partial charge in [-0.25, -0.2) is 9.97 Å². The van der Waals surface area contributed by atoms with Gasteiger partial charge in [0.05, 0.1) is 0 Å². The highest BCUT2D eigenvalue weighted by atomic mass is 35.5. The number of nitrogens with one attached hydrogen (secondary N) is 1. The van der Waals surface area contributed by atoms with Crippen LogP contribution in [-0.2, 0) is 11.3 Å². The van der Waals surface area contributed by atoms with Crippen molar-refractivity contribution < 1.29 is 4.74 Å². The van der Waals surface area contributed by atoms with Crippen LogP contribution < -0.4 is 5.32 Å². The van der Waals surface area contributed by atoms with Crippen LogP contribution in [0.2, 0.25) is 5.15 Å². The number of hydrogen-bond donors (Lipinski definition) is 1. The standard InChI is InChI=1S/C12H21ClN4O/c1-5-18-8-12-15-10(13)6-11(16-12)14-9(2)7-17(3)4/h6,9H,5,7-8H2,1-4H3,(H,14,15,16). The maximum atomic E-state index is 5.96. The highest BCUT2D eigenvalue weighted by Gasteiger charge is 2.07. The van der Waals surface area contributed by atoms with Gasteiger partial charge in [0, 0.05) is 25.3 Å². The van der Waals surface area contributed by atoms with Crippen molar-refractivity contribution in [2.24, 2.45) is 0 Å². The van der Waals surface area contributed by atoms with E-state index >= 15 is 0 Å². The summed E-state index contributed by atoms with van der Waals surface area (Å²) in [6, 6.07) is 2.01. The Morgan fingerprint density at radius 2 is 2.17 bits per heavy atom. The van der Waals surface area contributed by atoms with Crippen LogP contribution in [0.4, 0.5) is 5.82 Å². The Kier molecular flexibility index (Phi) is 6.32. The summed E-state index contributed by atoms with van der Waals surface area (Å²) in [7, 11) is 4.07. The minimum Gasteiger partial charge on any atom is -0.374 e. The first kappa shape index (κ1) is 15.1. The van der Waals surface area contributed by atoms with Crippen LogP contribution in [0.3, 0.4) is 0 Å². The molecule has 0 aromatic carbocycles. The molecule has 0 saturated carbocycles. The molecule has 1 aromatic rings. The van der Waals surface area contributed by atoms with E-state index in [0.29, 0.717) is 24.2 Å². The van der Waals surface area contributed by atoms with Crippen LogP contribution in [0.15, 0.2) is 6.07 Å². The summed E-state index contributed by atoms with van der Waals surface area (Å²) < 4.78 is 5.28. The number of halogens is 1. The normalized spacial score (nSPS) is 12.8. The molecule has 0 bridgehead atoms. The Morgan fingerprint density at radius 1 is 1.44 bits per heavy atom. The average molecular weight is 273 g/mol. The van der Waals surface area contributed by atoms with Crippen molar-refractivity contribution in [2.75, 3.05) is 32.6 Å². The first-order valence-electron chi connectivity index (χ1n) is 6.03. The van der Waals surface area contributed by atoms with Crippen molar-refractivity contribution >= 4 is 17.4 Å². The zero-order valence-electron chi connectivity index (χ0n) is 11.4. The predicted octanol–water partition coefficient (Wildman–Crippen LogP) is 2.03. The summed E-state index contributed by atoms with van der Waals surface area (Å²) in [5.41, 5.74) is 0. The van der Waals surface area contributed by atoms with Crippen LogP contribution in [0.5, 0.6) is 0 Å². The minimum absolute atomic E-state index is 0.283. The third-order valence-corrected chi connectivity index (χ3v) is 2.40. The van der Waals surface area contributed by atoms with E-state index in [1.807, 2.05) is 21.0 Å². The van der Waals surface area contributed by atoms with Crippen molar-refractivity contribution in [3.8, 4) is 0 Å². The molecule has 6 heteroatoms. The quantitative estimate of drug-likeness (QED) is 0.770. The second kappa shape index (κ2) is 7.51. The van der Waals surface area contributed by atoms with Gasteiger partial charge in [0.15, 0.2) is 5.82 Å². The van der Waals surface area contributed by atoms with E-state index in [9.17, 15) is 0 Å². The molecule has 102 valence electrons. The lowest BCUT2D eigenvalue weighted by atomic mass is 10.3. The molecule has 0 fully saturated rings. The zero-order chi connectivity index (χ0) is 13.5. The molecule has 0 radical (unpaired) electrons. The van der Waals surface area contributed by atoms with E-state index in [1.165, 1.54) is 0 Å². The molecule has 0 aliphatic heterocycles. The monoisotopic (exact) mass is 272 g/mol. The fraction of sp³-hybridized carbons (Fsp3) is 0.667. The van der Waals surface area contributed by atoms with E-state index < -0.39 is 0 Å². The predicted molar refractivity (Wildman–Crippen MR) is 74.0 cm³/mol. The highest BCUT2D eigenvalue weighted by molar-refractivity contribution is 6.29. The summed E-state index contributed by atoms with van der Waals surface area (Å²) in [6.45, 7) is 5.97. The highest BCUT2D eigenvalue weighted by Crippen LogP contribution is 2.13. The van der Waals surface area contributed by atoms with Crippen LogP contribution >= 0.6 is 11.6 Å². The van der Waals surface area contributed by atoms with Gasteiger partial charge in [-0.2, -0.15) is 0 Å². The SMILES string of the molecule is CCOCc1nc(Cl)cc(NC(C)CN(C)C)n1. The van der Waals surface area contributed by atoms with Crippen molar-refractivity contribution in [3.05, 3.63) is 17.0 Å². The minimum atomic E-state index is 0.283. The van der Waals surface area contributed by atoms with Crippen molar-refractivity contribution in [1.82, 2.24) is 14.9 Å². The molecule has 1 aromatic heterocycles. The molecule has 0 amide bonds. The molecule has 1 unspecified atom stereocenters. The fourth-order valence-electron chi connectivity index (χ4n) is 1.64. The van der Waals surface area contributed by atoms with Gasteiger partial charge in [0.2, 0.25) is 0 Å². The second-order valence-electron chi connectivity index (χ2n) is 4.44. The fourth-order valence-corrected chi connectivity index (χ4v) is 1.84. The van der Waals surface area contributed by atoms with Crippen LogP contribution in [0, 0.1) is 0 Å². The number of rotatable bonds is 7. The van der Waals surface area contributed by atoms with Gasteiger partial charge in [-0.1, -0.05) is 11.6 Å². The van der Waals surface area contributed by atoms with Gasteiger partial charge >= 0.3 is 0 Å². The lowest BCUT2D eigenvalue weighted by Gasteiger charge is -2.19. The summed E-state index contributed by atoms with van der Waals surface area (Å²) in [4.78, 5) is 10.6. The van der Waals surface area contributed by atoms with Crippen molar-refractivity contribution in [2.45, 2.75) is 26.5 Å². The number of anilines is 1. The summed E-state index contributed by atoms with van der Waals surface area (Å²) in [5.74, 6) is 1.34. The largest absolute Gasteiger partial charge is 0.374 e. The molecule has 0 spiro atoms. The van der Waals surface area contributed by atoms with Gasteiger partial charge in [0.25, 0.3) is 0 Å². The van der Waals surface area contributed by atoms with Gasteiger partial charge in [-0.3, -0.25) is 0 Å². The zero-order valence-corrected chi connectivity index (χ0v) is 12.2. The Hall–Kier alpha value is -0.910. The summed E-state index contributed by atoms with van der Waals surface area (Å²) in [6.07, 6.45) is 0. The Labute approximate surface area is 114 Å². The topological polar surface area (TPSA) is 50.3 Å². The molecule has 18 heavy (non-hydrogen) atoms. The molecule has 1 N–H and O–H groups in total. The average Bonchev–Trinajstić information content (AvgIpc) is 2.24. The van der Waals surface area contributed by atoms with E-state index in [1.54, 1.807) is 6.07 Å². The molecular formula is C12H21ClN4O. The number of likely N-dealkylation sites (N-methyl/N-ethyl adjacent to an activating group) is 1. The third kappa shape index (κ3) is 5.62. The maximum absolute atomic E-state index is 5.96. The number of nitrogens with zero attached hydrogens (tertiary/aromatic N) is 3. The first-order chi connectivity index (χ1) is 8.51. The Morgan fingerprint density at radius 3 is 2.78 bits per heavy atom. The van der Waals surface area contributed by atoms with Gasteiger partial charge in [-0.05, 0) is 27.9 Å². The summed E-state index contributed by atoms with van der Waals surface area (Å²) in [5, 5.41) is 3.73. The van der Waals surface area contributed by atoms with E-state index in [4.69, 9.17) is 16.3 Å². The van der Waals surface area contributed by atoms with Crippen LogP contribution in [0.1, 0.15) is 19.7 Å². The number of hydrogen-bond acceptors (Lipinski definition) is 5. The number of ether oxygens (including phenoxy) is 1. The first-order valence-corrected chi connectivity index (χ1v) is 6.41. The van der Waals surface area contributed by atoms with E-state index in [0.717, 1.165) is 12.4 Å². The molecule has 1 atom stereocenters. The lowest BCUT2D eigenvalue weighted by Crippen LogP contribution is -2.30. The van der Waals surface area contributed by atoms with Crippen LogP contribution in [-0.4, -0.2) is 48.2 Å². The molecule has 0 aliphatic carbocycles. The van der Waals surface area contributed by atoms with Gasteiger partial charge in [-0.15, -0.1) is 0 Å². The number of aromatic nitrogens is 2. The van der Waals surface area contributed by atoms with Crippen LogP contribution in [0.25, 0.3) is 0 Å². The second-order valence-corrected chi connectivity index (χ2v) is 4.82. The third-order valence-electron chi connectivity index (χ3n) is 2.21. The smallest absolute Gasteiger partial charge is 0.158 e. The Balaban J connectivity index is 2.67. The lowest BCUT2D eigenvalue weighted by molar-refractivity contribution is 0.128. The van der Waals surface area contributed by atoms with E-state index in [2.05, 4.69) is 27.1 Å². The molecule has 5 nitrogen and oxygen atoms in total. The van der Waals surface area contributed by atoms with Gasteiger partial charge in [0.1, 0.15) is 17.6 Å². The van der Waals surface area contributed by atoms with Crippen molar-refractivity contribution in [3.63, 3.8) is 0 Å². The van der Waals surface area contributed by atoms with E-state index in [-0.39, 0.29) is 6.04 Å². The molecule has 0 aliphatic rings. The Bertz CT molecular complexity index is 373. The molecular weight excluding hydrogens is 252 g/mol. The maximum Gasteiger partial charge on any atom is 0.158 e. The molecule has 1 heterocycles. The summed E-state index contributed by atoms with van der Waals surface area (Å²) >= 11 is 5.96.